The van der Waals surface area contributed by atoms with Gasteiger partial charge in [-0.25, -0.2) is 0 Å². The Kier molecular flexibility index (Phi) is 4.73. The minimum atomic E-state index is -2.58. The van der Waals surface area contributed by atoms with E-state index < -0.39 is 36.7 Å². The van der Waals surface area contributed by atoms with Crippen molar-refractivity contribution in [2.45, 2.75) is 32.3 Å². The summed E-state index contributed by atoms with van der Waals surface area (Å²) in [6.07, 6.45) is 0.223. The Morgan fingerprint density at radius 3 is 2.12 bits per heavy atom. The van der Waals surface area contributed by atoms with Crippen LogP contribution in [0, 0.1) is 0 Å². The molecular weight excluding hydrogens is 292 g/mol. The molecule has 0 radical (unpaired) electrons. The molecule has 10 heteroatoms. The zero-order chi connectivity index (χ0) is 12.5. The molecule has 2 aliphatic rings. The molecule has 0 amide bonds. The summed E-state index contributed by atoms with van der Waals surface area (Å²) < 4.78 is 34.4. The van der Waals surface area contributed by atoms with Crippen LogP contribution in [0.15, 0.2) is 0 Å². The second kappa shape index (κ2) is 5.73. The Labute approximate surface area is 108 Å². The summed E-state index contributed by atoms with van der Waals surface area (Å²) in [5, 5.41) is 0. The highest BCUT2D eigenvalue weighted by Crippen LogP contribution is 2.19. The van der Waals surface area contributed by atoms with E-state index >= 15 is 0 Å². The molecule has 3 unspecified atom stereocenters. The normalized spacial score (nSPS) is 47.3. The van der Waals surface area contributed by atoms with Gasteiger partial charge < -0.3 is 25.6 Å². The molecule has 0 bridgehead atoms. The molecule has 0 N–H and O–H groups in total. The summed E-state index contributed by atoms with van der Waals surface area (Å²) >= 11 is 0. The monoisotopic (exact) mass is 312 g/mol. The van der Waals surface area contributed by atoms with Gasteiger partial charge in [-0.2, -0.15) is 0 Å². The van der Waals surface area contributed by atoms with Crippen LogP contribution in [0.25, 0.3) is 0 Å². The highest BCUT2D eigenvalue weighted by atomic mass is 28.5. The molecule has 2 heterocycles. The molecule has 0 aromatic rings. The van der Waals surface area contributed by atoms with Crippen molar-refractivity contribution in [3.8, 4) is 0 Å². The van der Waals surface area contributed by atoms with Crippen molar-refractivity contribution in [1.82, 2.24) is 0 Å². The molecule has 0 aliphatic carbocycles. The molecule has 17 heavy (non-hydrogen) atoms. The summed E-state index contributed by atoms with van der Waals surface area (Å²) in [6, 6.07) is 0. The number of rotatable bonds is 3. The maximum absolute atomic E-state index is 5.94. The topological polar surface area (TPSA) is 58.7 Å². The fourth-order valence-corrected chi connectivity index (χ4v) is 14.9. The van der Waals surface area contributed by atoms with Gasteiger partial charge in [-0.05, 0) is 19.6 Å². The van der Waals surface area contributed by atoms with Gasteiger partial charge in [0.2, 0.25) is 0 Å². The third-order valence-electron chi connectivity index (χ3n) is 2.46. The Balaban J connectivity index is 1.92. The zero-order valence-electron chi connectivity index (χ0n) is 10.7. The maximum atomic E-state index is 5.94. The van der Waals surface area contributed by atoms with Gasteiger partial charge in [0.1, 0.15) is 6.10 Å². The molecule has 0 aromatic carbocycles. The molecule has 0 spiro atoms. The summed E-state index contributed by atoms with van der Waals surface area (Å²) in [4.78, 5) is 0. The molecule has 2 fully saturated rings. The Morgan fingerprint density at radius 2 is 1.65 bits per heavy atom. The van der Waals surface area contributed by atoms with Crippen LogP contribution in [0.3, 0.4) is 0 Å². The lowest BCUT2D eigenvalue weighted by Crippen LogP contribution is -2.55. The van der Waals surface area contributed by atoms with E-state index in [2.05, 4.69) is 0 Å². The van der Waals surface area contributed by atoms with Crippen LogP contribution in [-0.4, -0.2) is 56.0 Å². The van der Waals surface area contributed by atoms with Gasteiger partial charge in [0, 0.05) is 6.55 Å². The van der Waals surface area contributed by atoms with Crippen LogP contribution < -0.4 is 0 Å². The van der Waals surface area contributed by atoms with Gasteiger partial charge in [-0.3, -0.25) is 0 Å². The molecular formula is C7H20O6Si4. The van der Waals surface area contributed by atoms with Gasteiger partial charge in [-0.15, -0.1) is 0 Å². The molecule has 2 aliphatic heterocycles. The fourth-order valence-electron chi connectivity index (χ4n) is 1.73. The summed E-state index contributed by atoms with van der Waals surface area (Å²) in [5.41, 5.74) is 0. The molecule has 100 valence electrons. The average Bonchev–Trinajstić information content (AvgIpc) is 2.94. The highest BCUT2D eigenvalue weighted by molar-refractivity contribution is 6.77. The van der Waals surface area contributed by atoms with Crippen molar-refractivity contribution in [2.75, 3.05) is 13.2 Å². The second-order valence-electron chi connectivity index (χ2n) is 4.34. The van der Waals surface area contributed by atoms with E-state index in [1.165, 1.54) is 0 Å². The number of epoxide rings is 1. The van der Waals surface area contributed by atoms with Crippen molar-refractivity contribution in [3.63, 3.8) is 0 Å². The first-order valence-corrected chi connectivity index (χ1v) is 14.4. The van der Waals surface area contributed by atoms with Gasteiger partial charge in [0.05, 0.1) is 13.2 Å². The third-order valence-corrected chi connectivity index (χ3v) is 15.4. The van der Waals surface area contributed by atoms with E-state index in [1.807, 2.05) is 26.2 Å². The van der Waals surface area contributed by atoms with Crippen LogP contribution in [0.1, 0.15) is 0 Å². The van der Waals surface area contributed by atoms with E-state index in [0.29, 0.717) is 6.61 Å². The quantitative estimate of drug-likeness (QED) is 0.522. The minimum absolute atomic E-state index is 0.223. The van der Waals surface area contributed by atoms with Crippen molar-refractivity contribution < 1.29 is 25.6 Å². The second-order valence-corrected chi connectivity index (χ2v) is 13.8. The maximum Gasteiger partial charge on any atom is 0.479 e. The van der Waals surface area contributed by atoms with Crippen molar-refractivity contribution >= 4 is 36.7 Å². The molecule has 0 aromatic heterocycles. The molecule has 6 nitrogen and oxygen atoms in total. The van der Waals surface area contributed by atoms with E-state index in [9.17, 15) is 0 Å². The predicted molar refractivity (Wildman–Crippen MR) is 70.7 cm³/mol. The number of hydrogen-bond acceptors (Lipinski definition) is 6. The van der Waals surface area contributed by atoms with Crippen molar-refractivity contribution in [2.24, 2.45) is 0 Å². The molecule has 2 rings (SSSR count). The molecule has 0 saturated carbocycles. The van der Waals surface area contributed by atoms with E-state index in [0.717, 1.165) is 6.61 Å². The summed E-state index contributed by atoms with van der Waals surface area (Å²) in [5.74, 6) is 0. The molecule has 3 atom stereocenters. The van der Waals surface area contributed by atoms with Gasteiger partial charge in [0.25, 0.3) is 9.28 Å². The Bertz CT molecular complexity index is 251. The fraction of sp³-hybridized carbons (Fsp3) is 1.00. The van der Waals surface area contributed by atoms with E-state index in [-0.39, 0.29) is 6.10 Å². The van der Waals surface area contributed by atoms with Gasteiger partial charge in [-0.1, -0.05) is 0 Å². The Morgan fingerprint density at radius 1 is 1.12 bits per heavy atom. The molecule has 2 saturated heterocycles. The predicted octanol–water partition coefficient (Wildman–Crippen LogP) is -0.399. The number of hydrogen-bond donors (Lipinski definition) is 0. The average molecular weight is 313 g/mol. The van der Waals surface area contributed by atoms with Crippen molar-refractivity contribution in [1.29, 1.82) is 0 Å². The standard InChI is InChI=1S/C7H20O6Si4/c1-14-10-15(2)12-17(4,13-16(3)11-14)9-6-7-5-8-7/h7,14-16H,5-6H2,1-4H3. The van der Waals surface area contributed by atoms with Gasteiger partial charge in [0.15, 0.2) is 0 Å². The first kappa shape index (κ1) is 14.0. The van der Waals surface area contributed by atoms with Crippen LogP contribution >= 0.6 is 0 Å². The SMILES string of the molecule is C[SiH]1O[SiH](C)O[Si](C)(OCC2CO2)O[SiH](C)O1. The third kappa shape index (κ3) is 4.66. The number of ether oxygens (including phenoxy) is 1. The van der Waals surface area contributed by atoms with Crippen molar-refractivity contribution in [3.05, 3.63) is 0 Å². The first-order valence-electron chi connectivity index (χ1n) is 5.89. The first-order chi connectivity index (χ1) is 7.97. The summed E-state index contributed by atoms with van der Waals surface area (Å²) in [7, 11) is -7.52. The van der Waals surface area contributed by atoms with Gasteiger partial charge >= 0.3 is 27.4 Å². The minimum Gasteiger partial charge on any atom is -0.420 e. The largest absolute Gasteiger partial charge is 0.479 e. The van der Waals surface area contributed by atoms with Crippen LogP contribution in [0.5, 0.6) is 0 Å². The Hall–Kier alpha value is 0.628. The van der Waals surface area contributed by atoms with Crippen LogP contribution in [-0.2, 0) is 25.6 Å². The van der Waals surface area contributed by atoms with E-state index in [1.54, 1.807) is 0 Å². The lowest BCUT2D eigenvalue weighted by molar-refractivity contribution is 0.133. The smallest absolute Gasteiger partial charge is 0.420 e. The van der Waals surface area contributed by atoms with Crippen LogP contribution in [0.4, 0.5) is 0 Å². The lowest BCUT2D eigenvalue weighted by atomic mass is 10.5. The van der Waals surface area contributed by atoms with E-state index in [4.69, 9.17) is 25.6 Å². The highest BCUT2D eigenvalue weighted by Gasteiger charge is 2.43. The van der Waals surface area contributed by atoms with Crippen LogP contribution in [0.2, 0.25) is 26.2 Å². The zero-order valence-corrected chi connectivity index (χ0v) is 15.1. The lowest BCUT2D eigenvalue weighted by Gasteiger charge is -2.35. The summed E-state index contributed by atoms with van der Waals surface area (Å²) in [6.45, 7) is 9.26.